The molecule has 0 radical (unpaired) electrons. The molecule has 0 spiro atoms. The van der Waals surface area contributed by atoms with E-state index in [0.717, 1.165) is 0 Å². The topological polar surface area (TPSA) is 81.6 Å². The van der Waals surface area contributed by atoms with Gasteiger partial charge in [-0.2, -0.15) is 0 Å². The van der Waals surface area contributed by atoms with Crippen molar-refractivity contribution in [3.63, 3.8) is 0 Å². The zero-order chi connectivity index (χ0) is 15.4. The smallest absolute Gasteiger partial charge is 0.309 e. The van der Waals surface area contributed by atoms with Crippen LogP contribution in [-0.2, 0) is 16.1 Å². The van der Waals surface area contributed by atoms with Gasteiger partial charge in [-0.05, 0) is 35.1 Å². The summed E-state index contributed by atoms with van der Waals surface area (Å²) in [5.74, 6) is 0.824. The second-order valence-corrected chi connectivity index (χ2v) is 5.51. The summed E-state index contributed by atoms with van der Waals surface area (Å²) in [5, 5.41) is 7.90. The standard InChI is InChI=1S/C13H16BrN3O4/c1-8(13(18)19-3)6-17(2)7-11-15-16-12(21-11)9-4-5-10(14)20-9/h4-5,8H,6-7H2,1-3H3. The van der Waals surface area contributed by atoms with Crippen LogP contribution >= 0.6 is 15.9 Å². The van der Waals surface area contributed by atoms with Gasteiger partial charge in [-0.25, -0.2) is 0 Å². The van der Waals surface area contributed by atoms with E-state index in [-0.39, 0.29) is 11.9 Å². The quantitative estimate of drug-likeness (QED) is 0.733. The third-order valence-corrected chi connectivity index (χ3v) is 3.27. The predicted molar refractivity (Wildman–Crippen MR) is 77.2 cm³/mol. The van der Waals surface area contributed by atoms with Crippen LogP contribution in [0.5, 0.6) is 0 Å². The van der Waals surface area contributed by atoms with Crippen molar-refractivity contribution < 1.29 is 18.4 Å². The van der Waals surface area contributed by atoms with Crippen LogP contribution in [0.25, 0.3) is 11.7 Å². The first-order chi connectivity index (χ1) is 9.99. The molecule has 0 aliphatic carbocycles. The maximum Gasteiger partial charge on any atom is 0.309 e. The molecule has 8 heteroatoms. The second kappa shape index (κ2) is 6.86. The number of nitrogens with zero attached hydrogens (tertiary/aromatic N) is 3. The van der Waals surface area contributed by atoms with Gasteiger partial charge in [0.2, 0.25) is 5.89 Å². The number of esters is 1. The molecule has 0 aliphatic heterocycles. The zero-order valence-corrected chi connectivity index (χ0v) is 13.6. The first kappa shape index (κ1) is 15.7. The molecule has 0 aromatic carbocycles. The van der Waals surface area contributed by atoms with Gasteiger partial charge in [-0.15, -0.1) is 10.2 Å². The van der Waals surface area contributed by atoms with E-state index in [2.05, 4.69) is 26.1 Å². The summed E-state index contributed by atoms with van der Waals surface area (Å²) >= 11 is 3.22. The van der Waals surface area contributed by atoms with Crippen molar-refractivity contribution in [2.24, 2.45) is 5.92 Å². The molecule has 0 fully saturated rings. The van der Waals surface area contributed by atoms with Gasteiger partial charge in [-0.1, -0.05) is 6.92 Å². The molecule has 0 N–H and O–H groups in total. The Labute approximate surface area is 130 Å². The number of rotatable bonds is 6. The van der Waals surface area contributed by atoms with Crippen LogP contribution < -0.4 is 0 Å². The van der Waals surface area contributed by atoms with E-state index in [4.69, 9.17) is 13.6 Å². The van der Waals surface area contributed by atoms with Crippen LogP contribution in [0.4, 0.5) is 0 Å². The van der Waals surface area contributed by atoms with Crippen molar-refractivity contribution in [1.82, 2.24) is 15.1 Å². The number of hydrogen-bond acceptors (Lipinski definition) is 7. The van der Waals surface area contributed by atoms with Crippen molar-refractivity contribution in [2.75, 3.05) is 20.7 Å². The van der Waals surface area contributed by atoms with Crippen molar-refractivity contribution >= 4 is 21.9 Å². The SMILES string of the molecule is COC(=O)C(C)CN(C)Cc1nnc(-c2ccc(Br)o2)o1. The summed E-state index contributed by atoms with van der Waals surface area (Å²) in [7, 11) is 3.25. The van der Waals surface area contributed by atoms with E-state index in [1.54, 1.807) is 12.1 Å². The molecule has 0 bridgehead atoms. The highest BCUT2D eigenvalue weighted by molar-refractivity contribution is 9.10. The van der Waals surface area contributed by atoms with Gasteiger partial charge in [0.1, 0.15) is 0 Å². The normalized spacial score (nSPS) is 12.6. The third-order valence-electron chi connectivity index (χ3n) is 2.85. The largest absolute Gasteiger partial charge is 0.469 e. The maximum absolute atomic E-state index is 11.4. The molecule has 0 amide bonds. The number of methoxy groups -OCH3 is 1. The Morgan fingerprint density at radius 2 is 2.19 bits per heavy atom. The van der Waals surface area contributed by atoms with Crippen LogP contribution in [-0.4, -0.2) is 41.8 Å². The monoisotopic (exact) mass is 357 g/mol. The Bertz CT molecular complexity index is 610. The molecule has 0 saturated heterocycles. The highest BCUT2D eigenvalue weighted by Gasteiger charge is 2.18. The van der Waals surface area contributed by atoms with Crippen LogP contribution in [0.1, 0.15) is 12.8 Å². The highest BCUT2D eigenvalue weighted by Crippen LogP contribution is 2.24. The minimum absolute atomic E-state index is 0.219. The summed E-state index contributed by atoms with van der Waals surface area (Å²) < 4.78 is 16.2. The number of carbonyl (C=O) groups is 1. The fraction of sp³-hybridized carbons (Fsp3) is 0.462. The molecule has 2 rings (SSSR count). The number of halogens is 1. The molecule has 2 aromatic heterocycles. The van der Waals surface area contributed by atoms with Gasteiger partial charge >= 0.3 is 5.97 Å². The van der Waals surface area contributed by atoms with Gasteiger partial charge in [0.25, 0.3) is 5.89 Å². The van der Waals surface area contributed by atoms with Gasteiger partial charge < -0.3 is 13.6 Å². The zero-order valence-electron chi connectivity index (χ0n) is 12.0. The summed E-state index contributed by atoms with van der Waals surface area (Å²) in [5.41, 5.74) is 0. The molecule has 1 atom stereocenters. The van der Waals surface area contributed by atoms with Crippen LogP contribution in [0.2, 0.25) is 0 Å². The molecule has 1 unspecified atom stereocenters. The van der Waals surface area contributed by atoms with Crippen molar-refractivity contribution in [3.8, 4) is 11.7 Å². The molecule has 0 saturated carbocycles. The van der Waals surface area contributed by atoms with Crippen LogP contribution in [0.15, 0.2) is 25.6 Å². The number of ether oxygens (including phenoxy) is 1. The lowest BCUT2D eigenvalue weighted by Crippen LogP contribution is -2.29. The van der Waals surface area contributed by atoms with E-state index in [1.807, 2.05) is 18.9 Å². The molecular formula is C13H16BrN3O4. The minimum atomic E-state index is -0.242. The Morgan fingerprint density at radius 1 is 1.43 bits per heavy atom. The lowest BCUT2D eigenvalue weighted by molar-refractivity contribution is -0.145. The lowest BCUT2D eigenvalue weighted by Gasteiger charge is -2.17. The number of furan rings is 1. The number of aromatic nitrogens is 2. The van der Waals surface area contributed by atoms with E-state index in [9.17, 15) is 4.79 Å². The molecule has 2 heterocycles. The lowest BCUT2D eigenvalue weighted by atomic mass is 10.2. The van der Waals surface area contributed by atoms with Gasteiger partial charge in [0.05, 0.1) is 19.6 Å². The summed E-state index contributed by atoms with van der Waals surface area (Å²) in [6.07, 6.45) is 0. The van der Waals surface area contributed by atoms with Crippen molar-refractivity contribution in [3.05, 3.63) is 22.7 Å². The third kappa shape index (κ3) is 4.15. The Morgan fingerprint density at radius 3 is 2.81 bits per heavy atom. The molecular weight excluding hydrogens is 342 g/mol. The van der Waals surface area contributed by atoms with Gasteiger partial charge in [-0.3, -0.25) is 9.69 Å². The summed E-state index contributed by atoms with van der Waals surface area (Å²) in [4.78, 5) is 13.3. The van der Waals surface area contributed by atoms with Crippen LogP contribution in [0, 0.1) is 5.92 Å². The second-order valence-electron chi connectivity index (χ2n) is 4.73. The fourth-order valence-electron chi connectivity index (χ4n) is 1.88. The molecule has 114 valence electrons. The first-order valence-electron chi connectivity index (χ1n) is 6.34. The first-order valence-corrected chi connectivity index (χ1v) is 7.13. The number of hydrogen-bond donors (Lipinski definition) is 0. The fourth-order valence-corrected chi connectivity index (χ4v) is 2.19. The van der Waals surface area contributed by atoms with Crippen LogP contribution in [0.3, 0.4) is 0 Å². The number of carbonyl (C=O) groups excluding carboxylic acids is 1. The molecule has 7 nitrogen and oxygen atoms in total. The average molecular weight is 358 g/mol. The van der Waals surface area contributed by atoms with Crippen molar-refractivity contribution in [1.29, 1.82) is 0 Å². The molecule has 0 aliphatic rings. The molecule has 21 heavy (non-hydrogen) atoms. The molecule has 2 aromatic rings. The summed E-state index contributed by atoms with van der Waals surface area (Å²) in [6, 6.07) is 3.49. The van der Waals surface area contributed by atoms with E-state index < -0.39 is 0 Å². The Kier molecular flexibility index (Phi) is 5.13. The average Bonchev–Trinajstić information content (AvgIpc) is 3.06. The maximum atomic E-state index is 11.4. The predicted octanol–water partition coefficient (Wildman–Crippen LogP) is 2.33. The Balaban J connectivity index is 1.94. The Hall–Kier alpha value is -1.67. The highest BCUT2D eigenvalue weighted by atomic mass is 79.9. The van der Waals surface area contributed by atoms with E-state index in [1.165, 1.54) is 7.11 Å². The summed E-state index contributed by atoms with van der Waals surface area (Å²) in [6.45, 7) is 2.79. The van der Waals surface area contributed by atoms with Gasteiger partial charge in [0.15, 0.2) is 10.4 Å². The van der Waals surface area contributed by atoms with Gasteiger partial charge in [0, 0.05) is 6.54 Å². The van der Waals surface area contributed by atoms with E-state index >= 15 is 0 Å². The minimum Gasteiger partial charge on any atom is -0.469 e. The van der Waals surface area contributed by atoms with E-state index in [0.29, 0.717) is 35.3 Å². The van der Waals surface area contributed by atoms with Crippen molar-refractivity contribution in [2.45, 2.75) is 13.5 Å².